The molecule has 0 radical (unpaired) electrons. The predicted molar refractivity (Wildman–Crippen MR) is 71.6 cm³/mol. The third kappa shape index (κ3) is 5.84. The first-order valence-corrected chi connectivity index (χ1v) is 8.42. The first kappa shape index (κ1) is 14.9. The van der Waals surface area contributed by atoms with Gasteiger partial charge in [0.15, 0.2) is 0 Å². The van der Waals surface area contributed by atoms with Gasteiger partial charge in [-0.15, -0.1) is 0 Å². The molecule has 1 heterocycles. The molecule has 5 heteroatoms. The van der Waals surface area contributed by atoms with Crippen molar-refractivity contribution in [1.82, 2.24) is 9.62 Å². The Balaban J connectivity index is 2.28. The Morgan fingerprint density at radius 3 is 2.47 bits per heavy atom. The van der Waals surface area contributed by atoms with Crippen molar-refractivity contribution in [3.05, 3.63) is 0 Å². The zero-order valence-corrected chi connectivity index (χ0v) is 11.9. The van der Waals surface area contributed by atoms with Crippen molar-refractivity contribution in [1.29, 1.82) is 0 Å². The van der Waals surface area contributed by atoms with E-state index in [9.17, 15) is 8.42 Å². The van der Waals surface area contributed by atoms with E-state index in [0.29, 0.717) is 12.6 Å². The van der Waals surface area contributed by atoms with Crippen molar-refractivity contribution in [2.75, 3.05) is 25.4 Å². The normalized spacial score (nSPS) is 20.4. The lowest BCUT2D eigenvalue weighted by atomic mass is 10.1. The molecule has 17 heavy (non-hydrogen) atoms. The van der Waals surface area contributed by atoms with Gasteiger partial charge in [-0.05, 0) is 39.3 Å². The summed E-state index contributed by atoms with van der Waals surface area (Å²) < 4.78 is 26.0. The van der Waals surface area contributed by atoms with Gasteiger partial charge < -0.3 is 0 Å². The monoisotopic (exact) mass is 262 g/mol. The highest BCUT2D eigenvalue weighted by Crippen LogP contribution is 2.11. The highest BCUT2D eigenvalue weighted by Gasteiger charge is 2.18. The molecule has 1 fully saturated rings. The highest BCUT2D eigenvalue weighted by molar-refractivity contribution is 7.89. The quantitative estimate of drug-likeness (QED) is 0.758. The molecular weight excluding hydrogens is 236 g/mol. The predicted octanol–water partition coefficient (Wildman–Crippen LogP) is 1.58. The van der Waals surface area contributed by atoms with Gasteiger partial charge in [0.05, 0.1) is 5.75 Å². The summed E-state index contributed by atoms with van der Waals surface area (Å²) in [6.45, 7) is 6.88. The standard InChI is InChI=1S/C12H26N2O2S/c1-3-4-10-17(15,16)13-11-12(2)14-8-6-5-7-9-14/h12-13H,3-11H2,1-2H3. The molecule has 0 aliphatic carbocycles. The van der Waals surface area contributed by atoms with E-state index in [4.69, 9.17) is 0 Å². The molecule has 0 amide bonds. The van der Waals surface area contributed by atoms with Crippen LogP contribution < -0.4 is 4.72 Å². The second-order valence-corrected chi connectivity index (χ2v) is 6.89. The first-order chi connectivity index (χ1) is 8.05. The molecular formula is C12H26N2O2S. The fraction of sp³-hybridized carbons (Fsp3) is 1.00. The fourth-order valence-electron chi connectivity index (χ4n) is 2.14. The zero-order valence-electron chi connectivity index (χ0n) is 11.1. The summed E-state index contributed by atoms with van der Waals surface area (Å²) in [4.78, 5) is 2.38. The topological polar surface area (TPSA) is 49.4 Å². The molecule has 0 saturated carbocycles. The summed E-state index contributed by atoms with van der Waals surface area (Å²) in [7, 11) is -3.05. The van der Waals surface area contributed by atoms with Crippen molar-refractivity contribution in [3.63, 3.8) is 0 Å². The minimum Gasteiger partial charge on any atom is -0.299 e. The van der Waals surface area contributed by atoms with Gasteiger partial charge in [0, 0.05) is 12.6 Å². The Hall–Kier alpha value is -0.130. The Morgan fingerprint density at radius 2 is 1.88 bits per heavy atom. The lowest BCUT2D eigenvalue weighted by molar-refractivity contribution is 0.175. The van der Waals surface area contributed by atoms with Crippen LogP contribution in [0, 0.1) is 0 Å². The number of nitrogens with zero attached hydrogens (tertiary/aromatic N) is 1. The number of likely N-dealkylation sites (tertiary alicyclic amines) is 1. The molecule has 1 atom stereocenters. The molecule has 0 aromatic heterocycles. The van der Waals surface area contributed by atoms with Gasteiger partial charge in [-0.2, -0.15) is 0 Å². The number of nitrogens with one attached hydrogen (secondary N) is 1. The van der Waals surface area contributed by atoms with Crippen molar-refractivity contribution in [2.24, 2.45) is 0 Å². The van der Waals surface area contributed by atoms with Crippen LogP contribution in [0.5, 0.6) is 0 Å². The van der Waals surface area contributed by atoms with E-state index in [1.165, 1.54) is 19.3 Å². The summed E-state index contributed by atoms with van der Waals surface area (Å²) in [6.07, 6.45) is 5.46. The number of hydrogen-bond acceptors (Lipinski definition) is 3. The molecule has 1 rings (SSSR count). The molecule has 102 valence electrons. The van der Waals surface area contributed by atoms with Gasteiger partial charge in [0.2, 0.25) is 10.0 Å². The van der Waals surface area contributed by atoms with Crippen LogP contribution in [0.4, 0.5) is 0 Å². The summed E-state index contributed by atoms with van der Waals surface area (Å²) in [5.74, 6) is 0.260. The van der Waals surface area contributed by atoms with Crippen LogP contribution in [0.3, 0.4) is 0 Å². The van der Waals surface area contributed by atoms with Gasteiger partial charge in [-0.3, -0.25) is 4.90 Å². The smallest absolute Gasteiger partial charge is 0.211 e. The molecule has 0 aromatic carbocycles. The van der Waals surface area contributed by atoms with Crippen LogP contribution in [0.15, 0.2) is 0 Å². The maximum Gasteiger partial charge on any atom is 0.211 e. The van der Waals surface area contributed by atoms with Crippen LogP contribution in [0.25, 0.3) is 0 Å². The second kappa shape index (κ2) is 7.34. The van der Waals surface area contributed by atoms with E-state index in [1.807, 2.05) is 6.92 Å². The van der Waals surface area contributed by atoms with Crippen LogP contribution >= 0.6 is 0 Å². The van der Waals surface area contributed by atoms with Crippen LogP contribution in [0.2, 0.25) is 0 Å². The van der Waals surface area contributed by atoms with Gasteiger partial charge >= 0.3 is 0 Å². The Bertz CT molecular complexity index is 298. The molecule has 0 aromatic rings. The number of sulfonamides is 1. The molecule has 1 aliphatic rings. The van der Waals surface area contributed by atoms with Gasteiger partial charge in [0.1, 0.15) is 0 Å². The lowest BCUT2D eigenvalue weighted by Gasteiger charge is -2.32. The van der Waals surface area contributed by atoms with Gasteiger partial charge in [-0.1, -0.05) is 19.8 Å². The molecule has 0 bridgehead atoms. The minimum absolute atomic E-state index is 0.260. The molecule has 1 saturated heterocycles. The first-order valence-electron chi connectivity index (χ1n) is 6.76. The average Bonchev–Trinajstić information content (AvgIpc) is 2.35. The molecule has 1 N–H and O–H groups in total. The average molecular weight is 262 g/mol. The summed E-state index contributed by atoms with van der Waals surface area (Å²) in [6, 6.07) is 0.312. The molecule has 1 unspecified atom stereocenters. The maximum atomic E-state index is 11.6. The Labute approximate surface area is 106 Å². The Kier molecular flexibility index (Phi) is 6.44. The van der Waals surface area contributed by atoms with Crippen LogP contribution in [-0.2, 0) is 10.0 Å². The Morgan fingerprint density at radius 1 is 1.24 bits per heavy atom. The summed E-state index contributed by atoms with van der Waals surface area (Å²) in [5.41, 5.74) is 0. The number of rotatable bonds is 7. The van der Waals surface area contributed by atoms with E-state index < -0.39 is 10.0 Å². The largest absolute Gasteiger partial charge is 0.299 e. The SMILES string of the molecule is CCCCS(=O)(=O)NCC(C)N1CCCCC1. The van der Waals surface area contributed by atoms with E-state index in [0.717, 1.165) is 25.9 Å². The van der Waals surface area contributed by atoms with E-state index in [2.05, 4.69) is 16.5 Å². The molecule has 4 nitrogen and oxygen atoms in total. The minimum atomic E-state index is -3.05. The zero-order chi connectivity index (χ0) is 12.7. The summed E-state index contributed by atoms with van der Waals surface area (Å²) in [5, 5.41) is 0. The van der Waals surface area contributed by atoms with Gasteiger partial charge in [-0.25, -0.2) is 13.1 Å². The van der Waals surface area contributed by atoms with Crippen molar-refractivity contribution >= 4 is 10.0 Å². The van der Waals surface area contributed by atoms with Gasteiger partial charge in [0.25, 0.3) is 0 Å². The van der Waals surface area contributed by atoms with E-state index in [1.54, 1.807) is 0 Å². The van der Waals surface area contributed by atoms with Crippen molar-refractivity contribution in [3.8, 4) is 0 Å². The van der Waals surface area contributed by atoms with Crippen molar-refractivity contribution in [2.45, 2.75) is 52.0 Å². The van der Waals surface area contributed by atoms with Crippen LogP contribution in [-0.4, -0.2) is 44.7 Å². The second-order valence-electron chi connectivity index (χ2n) is 4.97. The lowest BCUT2D eigenvalue weighted by Crippen LogP contribution is -2.44. The van der Waals surface area contributed by atoms with E-state index in [-0.39, 0.29) is 5.75 Å². The maximum absolute atomic E-state index is 11.6. The van der Waals surface area contributed by atoms with E-state index >= 15 is 0 Å². The number of piperidine rings is 1. The third-order valence-electron chi connectivity index (χ3n) is 3.38. The third-order valence-corrected chi connectivity index (χ3v) is 4.81. The summed E-state index contributed by atoms with van der Waals surface area (Å²) >= 11 is 0. The fourth-order valence-corrected chi connectivity index (χ4v) is 3.45. The molecule has 1 aliphatic heterocycles. The van der Waals surface area contributed by atoms with Crippen LogP contribution in [0.1, 0.15) is 46.0 Å². The molecule has 0 spiro atoms. The van der Waals surface area contributed by atoms with Crippen molar-refractivity contribution < 1.29 is 8.42 Å². The number of unbranched alkanes of at least 4 members (excludes halogenated alkanes) is 1. The highest BCUT2D eigenvalue weighted by atomic mass is 32.2. The number of hydrogen-bond donors (Lipinski definition) is 1.